The van der Waals surface area contributed by atoms with E-state index in [1.54, 1.807) is 0 Å². The molecule has 2 aromatic heterocycles. The van der Waals surface area contributed by atoms with Crippen molar-refractivity contribution in [3.63, 3.8) is 0 Å². The van der Waals surface area contributed by atoms with Crippen LogP contribution < -0.4 is 5.32 Å². The van der Waals surface area contributed by atoms with Crippen LogP contribution in [0.2, 0.25) is 0 Å². The lowest BCUT2D eigenvalue weighted by Gasteiger charge is -2.09. The third kappa shape index (κ3) is 2.58. The first-order valence-electron chi connectivity index (χ1n) is 8.34. The summed E-state index contributed by atoms with van der Waals surface area (Å²) >= 11 is 0. The van der Waals surface area contributed by atoms with Crippen molar-refractivity contribution in [1.82, 2.24) is 14.9 Å². The van der Waals surface area contributed by atoms with Crippen LogP contribution >= 0.6 is 0 Å². The lowest BCUT2D eigenvalue weighted by atomic mass is 10.1. The van der Waals surface area contributed by atoms with Gasteiger partial charge in [0.15, 0.2) is 5.58 Å². The molecule has 1 unspecified atom stereocenters. The van der Waals surface area contributed by atoms with Crippen molar-refractivity contribution in [3.05, 3.63) is 72.6 Å². The Kier molecular flexibility index (Phi) is 3.13. The molecule has 1 radical (unpaired) electrons. The Balaban J connectivity index is 1.55. The molecule has 0 aliphatic heterocycles. The van der Waals surface area contributed by atoms with Gasteiger partial charge in [-0.05, 0) is 37.1 Å². The van der Waals surface area contributed by atoms with Gasteiger partial charge < -0.3 is 14.3 Å². The molecule has 1 N–H and O–H groups in total. The van der Waals surface area contributed by atoms with E-state index in [0.29, 0.717) is 18.0 Å². The molecule has 2 aromatic carbocycles. The summed E-state index contributed by atoms with van der Waals surface area (Å²) in [5.41, 5.74) is 3.20. The molecule has 1 aliphatic rings. The summed E-state index contributed by atoms with van der Waals surface area (Å²) in [5.74, 6) is 0.589. The van der Waals surface area contributed by atoms with Gasteiger partial charge in [0.05, 0.1) is 17.6 Å². The number of hydrogen-bond acceptors (Lipinski definition) is 3. The Morgan fingerprint density at radius 1 is 1.20 bits per heavy atom. The summed E-state index contributed by atoms with van der Waals surface area (Å²) in [5, 5.41) is 4.05. The average molecular weight is 330 g/mol. The van der Waals surface area contributed by atoms with Gasteiger partial charge in [-0.25, -0.2) is 4.98 Å². The number of amides is 1. The van der Waals surface area contributed by atoms with Gasteiger partial charge >= 0.3 is 0 Å². The molecule has 5 rings (SSSR count). The Hall–Kier alpha value is -3.08. The number of carbonyl (C=O) groups is 1. The number of nitrogens with one attached hydrogen (secondary N) is 1. The van der Waals surface area contributed by atoms with Gasteiger partial charge in [-0.2, -0.15) is 0 Å². The molecule has 1 saturated carbocycles. The number of nitrogens with zero attached hydrogens (tertiary/aromatic N) is 2. The maximum atomic E-state index is 12.6. The van der Waals surface area contributed by atoms with Gasteiger partial charge in [-0.3, -0.25) is 4.79 Å². The molecular formula is C20H16N3O2. The van der Waals surface area contributed by atoms with Gasteiger partial charge in [0.1, 0.15) is 5.52 Å². The summed E-state index contributed by atoms with van der Waals surface area (Å²) < 4.78 is 7.85. The highest BCUT2D eigenvalue weighted by atomic mass is 16.3. The van der Waals surface area contributed by atoms with Crippen molar-refractivity contribution in [3.8, 4) is 0 Å². The van der Waals surface area contributed by atoms with E-state index in [1.807, 2.05) is 59.3 Å². The quantitative estimate of drug-likeness (QED) is 0.622. The third-order valence-corrected chi connectivity index (χ3v) is 4.46. The Morgan fingerprint density at radius 3 is 2.92 bits per heavy atom. The highest BCUT2D eigenvalue weighted by Crippen LogP contribution is 2.24. The second kappa shape index (κ2) is 5.48. The summed E-state index contributed by atoms with van der Waals surface area (Å²) in [4.78, 5) is 17.1. The van der Waals surface area contributed by atoms with Crippen molar-refractivity contribution in [2.24, 2.45) is 0 Å². The number of carbonyl (C=O) groups excluding carboxylic acids is 1. The van der Waals surface area contributed by atoms with Crippen LogP contribution in [0, 0.1) is 6.42 Å². The van der Waals surface area contributed by atoms with E-state index in [-0.39, 0.29) is 11.9 Å². The molecule has 0 saturated heterocycles. The fourth-order valence-electron chi connectivity index (χ4n) is 3.14. The van der Waals surface area contributed by atoms with Crippen LogP contribution in [0.1, 0.15) is 22.7 Å². The third-order valence-electron chi connectivity index (χ3n) is 4.46. The maximum Gasteiger partial charge on any atom is 0.253 e. The van der Waals surface area contributed by atoms with Gasteiger partial charge in [0, 0.05) is 17.6 Å². The van der Waals surface area contributed by atoms with E-state index < -0.39 is 0 Å². The first kappa shape index (κ1) is 14.3. The molecule has 1 atom stereocenters. The van der Waals surface area contributed by atoms with Crippen LogP contribution in [0.5, 0.6) is 0 Å². The normalized spacial score (nSPS) is 14.2. The smallest absolute Gasteiger partial charge is 0.253 e. The van der Waals surface area contributed by atoms with Crippen LogP contribution in [-0.2, 0) is 6.54 Å². The molecule has 123 valence electrons. The maximum absolute atomic E-state index is 12.6. The largest absolute Gasteiger partial charge is 0.439 e. The minimum absolute atomic E-state index is 0.0399. The SMILES string of the molecule is O=C(NC1[CH]C1)c1cccc2ccn(Cc3nc4ccccc4o3)c12. The van der Waals surface area contributed by atoms with Gasteiger partial charge in [0.2, 0.25) is 5.89 Å². The van der Waals surface area contributed by atoms with E-state index in [1.165, 1.54) is 0 Å². The second-order valence-corrected chi connectivity index (χ2v) is 6.31. The molecule has 4 aromatic rings. The molecule has 1 fully saturated rings. The number of rotatable bonds is 4. The van der Waals surface area contributed by atoms with Crippen LogP contribution in [0.15, 0.2) is 59.1 Å². The van der Waals surface area contributed by atoms with Gasteiger partial charge in [-0.1, -0.05) is 24.3 Å². The van der Waals surface area contributed by atoms with Crippen molar-refractivity contribution < 1.29 is 9.21 Å². The van der Waals surface area contributed by atoms with Gasteiger partial charge in [-0.15, -0.1) is 0 Å². The molecule has 0 bridgehead atoms. The number of aromatic nitrogens is 2. The topological polar surface area (TPSA) is 60.1 Å². The molecule has 2 heterocycles. The summed E-state index contributed by atoms with van der Waals surface area (Å²) in [6.45, 7) is 0.484. The minimum atomic E-state index is -0.0399. The zero-order valence-electron chi connectivity index (χ0n) is 13.5. The Labute approximate surface area is 144 Å². The lowest BCUT2D eigenvalue weighted by Crippen LogP contribution is -2.26. The van der Waals surface area contributed by atoms with Crippen molar-refractivity contribution in [2.45, 2.75) is 19.0 Å². The fraction of sp³-hybridized carbons (Fsp3) is 0.150. The predicted molar refractivity (Wildman–Crippen MR) is 95.2 cm³/mol. The molecule has 5 heteroatoms. The van der Waals surface area contributed by atoms with Crippen LogP contribution in [0.4, 0.5) is 0 Å². The first-order valence-corrected chi connectivity index (χ1v) is 8.34. The monoisotopic (exact) mass is 330 g/mol. The highest BCUT2D eigenvalue weighted by molar-refractivity contribution is 6.06. The number of oxazole rings is 1. The number of para-hydroxylation sites is 3. The number of hydrogen-bond donors (Lipinski definition) is 1. The zero-order valence-corrected chi connectivity index (χ0v) is 13.5. The lowest BCUT2D eigenvalue weighted by molar-refractivity contribution is 0.0953. The Morgan fingerprint density at radius 2 is 2.08 bits per heavy atom. The standard InChI is InChI=1S/C20H16N3O2/c24-20(21-14-8-9-14)15-5-3-4-13-10-11-23(19(13)15)12-18-22-16-6-1-2-7-17(16)25-18/h1-8,10-11,14H,9,12H2,(H,21,24). The zero-order chi connectivity index (χ0) is 16.8. The van der Waals surface area contributed by atoms with E-state index in [4.69, 9.17) is 4.42 Å². The molecular weight excluding hydrogens is 314 g/mol. The first-order chi connectivity index (χ1) is 12.3. The van der Waals surface area contributed by atoms with E-state index in [9.17, 15) is 4.79 Å². The van der Waals surface area contributed by atoms with E-state index in [2.05, 4.69) is 16.7 Å². The summed E-state index contributed by atoms with van der Waals surface area (Å²) in [7, 11) is 0. The molecule has 1 aliphatic carbocycles. The van der Waals surface area contributed by atoms with Crippen LogP contribution in [0.25, 0.3) is 22.0 Å². The van der Waals surface area contributed by atoms with Gasteiger partial charge in [0.25, 0.3) is 5.91 Å². The number of fused-ring (bicyclic) bond motifs is 2. The summed E-state index contributed by atoms with van der Waals surface area (Å²) in [6.07, 6.45) is 5.00. The van der Waals surface area contributed by atoms with E-state index >= 15 is 0 Å². The van der Waals surface area contributed by atoms with Crippen LogP contribution in [-0.4, -0.2) is 21.5 Å². The second-order valence-electron chi connectivity index (χ2n) is 6.31. The highest BCUT2D eigenvalue weighted by Gasteiger charge is 2.25. The van der Waals surface area contributed by atoms with E-state index in [0.717, 1.165) is 28.4 Å². The minimum Gasteiger partial charge on any atom is -0.439 e. The number of benzene rings is 2. The molecule has 25 heavy (non-hydrogen) atoms. The average Bonchev–Trinajstić information content (AvgIpc) is 3.19. The summed E-state index contributed by atoms with van der Waals surface area (Å²) in [6, 6.07) is 15.7. The van der Waals surface area contributed by atoms with Crippen molar-refractivity contribution in [2.75, 3.05) is 0 Å². The predicted octanol–water partition coefficient (Wildman–Crippen LogP) is 3.54. The van der Waals surface area contributed by atoms with Crippen molar-refractivity contribution >= 4 is 27.9 Å². The van der Waals surface area contributed by atoms with Crippen LogP contribution in [0.3, 0.4) is 0 Å². The Bertz CT molecular complexity index is 1060. The van der Waals surface area contributed by atoms with Crippen molar-refractivity contribution in [1.29, 1.82) is 0 Å². The fourth-order valence-corrected chi connectivity index (χ4v) is 3.14. The molecule has 1 amide bonds. The molecule has 5 nitrogen and oxygen atoms in total. The molecule has 0 spiro atoms.